The topological polar surface area (TPSA) is 140 Å². The van der Waals surface area contributed by atoms with Gasteiger partial charge in [-0.15, -0.1) is 0 Å². The lowest BCUT2D eigenvalue weighted by molar-refractivity contribution is -0.114. The third-order valence-corrected chi connectivity index (χ3v) is 11.8. The number of aliphatic hydroxyl groups is 1. The van der Waals surface area contributed by atoms with Crippen molar-refractivity contribution in [2.75, 3.05) is 13.7 Å². The lowest BCUT2D eigenvalue weighted by Crippen LogP contribution is -2.48. The summed E-state index contributed by atoms with van der Waals surface area (Å²) in [6.45, 7) is 4.25. The number of rotatable bonds is 11. The summed E-state index contributed by atoms with van der Waals surface area (Å²) >= 11 is 0. The highest BCUT2D eigenvalue weighted by molar-refractivity contribution is 5.90. The SMILES string of the molecule is CCCC(=CC(=O)CCc1cc(OC2CCCC2)c(O)c2c1C#CCC(N=C(N)N)C1C=CC(OC)C3C1C=C1CCC(C)CC1C23)CO. The van der Waals surface area contributed by atoms with E-state index in [4.69, 9.17) is 25.9 Å². The minimum Gasteiger partial charge on any atom is -0.504 e. The zero-order valence-corrected chi connectivity index (χ0v) is 29.5. The molecule has 4 bridgehead atoms. The Hall–Kier alpha value is -3.54. The third-order valence-electron chi connectivity index (χ3n) is 11.8. The number of aryl methyl sites for hydroxylation is 1. The van der Waals surface area contributed by atoms with Crippen LogP contribution in [-0.4, -0.2) is 53.9 Å². The summed E-state index contributed by atoms with van der Waals surface area (Å²) in [5.41, 5.74) is 16.8. The Morgan fingerprint density at radius 3 is 2.65 bits per heavy atom. The molecule has 49 heavy (non-hydrogen) atoms. The lowest BCUT2D eigenvalue weighted by Gasteiger charge is -2.52. The monoisotopic (exact) mass is 669 g/mol. The maximum absolute atomic E-state index is 13.3. The van der Waals surface area contributed by atoms with Crippen LogP contribution in [0.15, 0.2) is 46.5 Å². The van der Waals surface area contributed by atoms with Gasteiger partial charge in [-0.25, -0.2) is 4.99 Å². The number of phenols is 1. The predicted octanol–water partition coefficient (Wildman–Crippen LogP) is 6.22. The van der Waals surface area contributed by atoms with Gasteiger partial charge in [0.15, 0.2) is 23.2 Å². The molecule has 2 saturated carbocycles. The molecular formula is C41H55N3O5. The van der Waals surface area contributed by atoms with E-state index < -0.39 is 0 Å². The van der Waals surface area contributed by atoms with Crippen molar-refractivity contribution in [3.63, 3.8) is 0 Å². The fraction of sp³-hybridized carbons (Fsp3) is 0.610. The molecule has 8 nitrogen and oxygen atoms in total. The second-order valence-corrected chi connectivity index (χ2v) is 15.1. The average Bonchev–Trinajstić information content (AvgIpc) is 3.59. The molecule has 8 unspecified atom stereocenters. The van der Waals surface area contributed by atoms with E-state index in [1.807, 2.05) is 13.0 Å². The Morgan fingerprint density at radius 2 is 1.94 bits per heavy atom. The Kier molecular flexibility index (Phi) is 11.2. The van der Waals surface area contributed by atoms with Crippen LogP contribution in [-0.2, 0) is 16.0 Å². The summed E-state index contributed by atoms with van der Waals surface area (Å²) in [6.07, 6.45) is 18.4. The van der Waals surface area contributed by atoms with Crippen LogP contribution in [0.3, 0.4) is 0 Å². The number of hydrogen-bond donors (Lipinski definition) is 4. The van der Waals surface area contributed by atoms with Crippen molar-refractivity contribution in [3.05, 3.63) is 58.2 Å². The molecule has 0 spiro atoms. The number of ketones is 1. The first-order valence-electron chi connectivity index (χ1n) is 18.6. The normalized spacial score (nSPS) is 30.7. The molecule has 264 valence electrons. The molecule has 8 heteroatoms. The van der Waals surface area contributed by atoms with Gasteiger partial charge in [-0.05, 0) is 98.8 Å². The van der Waals surface area contributed by atoms with Crippen molar-refractivity contribution in [2.24, 2.45) is 46.0 Å². The van der Waals surface area contributed by atoms with E-state index in [1.54, 1.807) is 13.2 Å². The number of hydrogen-bond acceptors (Lipinski definition) is 6. The first-order valence-corrected chi connectivity index (χ1v) is 18.6. The van der Waals surface area contributed by atoms with E-state index in [9.17, 15) is 15.0 Å². The predicted molar refractivity (Wildman–Crippen MR) is 193 cm³/mol. The molecule has 1 aromatic carbocycles. The zero-order valence-electron chi connectivity index (χ0n) is 29.5. The van der Waals surface area contributed by atoms with E-state index in [0.717, 1.165) is 73.6 Å². The van der Waals surface area contributed by atoms with Crippen LogP contribution in [0, 0.1) is 41.4 Å². The molecule has 0 saturated heterocycles. The van der Waals surface area contributed by atoms with Gasteiger partial charge in [-0.1, -0.05) is 55.9 Å². The Balaban J connectivity index is 1.56. The number of allylic oxidation sites excluding steroid dienone is 3. The molecule has 0 amide bonds. The summed E-state index contributed by atoms with van der Waals surface area (Å²) in [5, 5.41) is 22.3. The average molecular weight is 670 g/mol. The molecule has 6 N–H and O–H groups in total. The van der Waals surface area contributed by atoms with Gasteiger partial charge in [0.25, 0.3) is 0 Å². The van der Waals surface area contributed by atoms with Gasteiger partial charge in [0.2, 0.25) is 0 Å². The highest BCUT2D eigenvalue weighted by Gasteiger charge is 2.52. The van der Waals surface area contributed by atoms with Crippen LogP contribution >= 0.6 is 0 Å². The van der Waals surface area contributed by atoms with Gasteiger partial charge in [-0.2, -0.15) is 0 Å². The molecule has 2 fully saturated rings. The quantitative estimate of drug-likeness (QED) is 0.0721. The molecule has 5 aliphatic rings. The minimum atomic E-state index is -0.235. The van der Waals surface area contributed by atoms with Crippen LogP contribution in [0.5, 0.6) is 11.5 Å². The van der Waals surface area contributed by atoms with E-state index >= 15 is 0 Å². The zero-order chi connectivity index (χ0) is 34.7. The number of nitrogens with zero attached hydrogens (tertiary/aromatic N) is 1. The Bertz CT molecular complexity index is 1570. The number of phenolic OH excluding ortho intramolecular Hbond substituents is 1. The van der Waals surface area contributed by atoms with Gasteiger partial charge in [0, 0.05) is 48.8 Å². The number of benzene rings is 1. The van der Waals surface area contributed by atoms with Crippen LogP contribution in [0.25, 0.3) is 0 Å². The largest absolute Gasteiger partial charge is 0.504 e. The number of aliphatic hydroxyl groups excluding tert-OH is 1. The third kappa shape index (κ3) is 7.49. The van der Waals surface area contributed by atoms with Gasteiger partial charge in [-0.3, -0.25) is 4.79 Å². The van der Waals surface area contributed by atoms with Crippen molar-refractivity contribution < 1.29 is 24.5 Å². The fourth-order valence-electron chi connectivity index (χ4n) is 9.50. The summed E-state index contributed by atoms with van der Waals surface area (Å²) < 4.78 is 12.9. The maximum Gasteiger partial charge on any atom is 0.186 e. The number of methoxy groups -OCH3 is 1. The Morgan fingerprint density at radius 1 is 1.14 bits per heavy atom. The summed E-state index contributed by atoms with van der Waals surface area (Å²) in [5.74, 6) is 8.47. The van der Waals surface area contributed by atoms with Crippen molar-refractivity contribution in [1.82, 2.24) is 0 Å². The number of ether oxygens (including phenoxy) is 2. The number of aliphatic imine (C=N–C) groups is 1. The second-order valence-electron chi connectivity index (χ2n) is 15.1. The van der Waals surface area contributed by atoms with Crippen LogP contribution in [0.2, 0.25) is 0 Å². The molecule has 1 aromatic rings. The van der Waals surface area contributed by atoms with Gasteiger partial charge in [0.1, 0.15) is 0 Å². The molecule has 6 rings (SSSR count). The van der Waals surface area contributed by atoms with Gasteiger partial charge >= 0.3 is 0 Å². The number of carbonyl (C=O) groups excluding carboxylic acids is 1. The van der Waals surface area contributed by atoms with E-state index in [0.29, 0.717) is 30.9 Å². The highest BCUT2D eigenvalue weighted by Crippen LogP contribution is 2.59. The smallest absolute Gasteiger partial charge is 0.186 e. The van der Waals surface area contributed by atoms with Crippen molar-refractivity contribution in [3.8, 4) is 23.3 Å². The molecule has 0 aliphatic heterocycles. The number of guanidine groups is 1. The summed E-state index contributed by atoms with van der Waals surface area (Å²) in [7, 11) is 1.77. The molecule has 8 atom stereocenters. The van der Waals surface area contributed by atoms with Gasteiger partial charge < -0.3 is 31.2 Å². The highest BCUT2D eigenvalue weighted by atomic mass is 16.5. The first kappa shape index (κ1) is 35.3. The van der Waals surface area contributed by atoms with Crippen molar-refractivity contribution in [2.45, 2.75) is 115 Å². The van der Waals surface area contributed by atoms with Gasteiger partial charge in [0.05, 0.1) is 24.9 Å². The molecular weight excluding hydrogens is 614 g/mol. The van der Waals surface area contributed by atoms with E-state index in [1.165, 1.54) is 5.57 Å². The van der Waals surface area contributed by atoms with E-state index in [2.05, 4.69) is 37.0 Å². The summed E-state index contributed by atoms with van der Waals surface area (Å²) in [4.78, 5) is 18.0. The maximum atomic E-state index is 13.3. The fourth-order valence-corrected chi connectivity index (χ4v) is 9.50. The van der Waals surface area contributed by atoms with Crippen LogP contribution in [0.1, 0.15) is 107 Å². The molecule has 5 aliphatic carbocycles. The molecule has 0 radical (unpaired) electrons. The lowest BCUT2D eigenvalue weighted by atomic mass is 9.53. The van der Waals surface area contributed by atoms with Crippen LogP contribution < -0.4 is 16.2 Å². The standard InChI is InChI=1S/C41H55N3O5/c1-4-8-25(23-45)20-28(46)16-15-27-22-36(49-29-9-5-6-10-29)40(47)39-30(27)11-7-12-34(44-41(42)43)31-17-18-35(48-3)37-33(31)21-26-14-13-24(2)19-32(26)38(37)39/h17-18,20-22,24,29,31-35,37-38,45,47H,4-6,8-10,12-16,19,23H2,1-3H3,(H4,42,43,44). The molecule has 0 heterocycles. The molecule has 0 aromatic heterocycles. The Labute approximate surface area is 292 Å². The number of fused-ring (bicyclic) bond motifs is 4. The minimum absolute atomic E-state index is 0.0144. The number of aromatic hydroxyl groups is 1. The summed E-state index contributed by atoms with van der Waals surface area (Å²) in [6, 6.07) is 1.70. The second kappa shape index (κ2) is 15.6. The van der Waals surface area contributed by atoms with Crippen molar-refractivity contribution >= 4 is 11.7 Å². The van der Waals surface area contributed by atoms with Crippen molar-refractivity contribution in [1.29, 1.82) is 0 Å². The van der Waals surface area contributed by atoms with Crippen LogP contribution in [0.4, 0.5) is 0 Å². The first-order chi connectivity index (χ1) is 23.7. The van der Waals surface area contributed by atoms with E-state index in [-0.39, 0.29) is 78.4 Å². The number of nitrogens with two attached hydrogens (primary N) is 2. The number of carbonyl (C=O) groups is 1.